The molecule has 37 heavy (non-hydrogen) atoms. The summed E-state index contributed by atoms with van der Waals surface area (Å²) in [5.41, 5.74) is 17.9. The molecule has 0 radical (unpaired) electrons. The normalized spacial score (nSPS) is 13.6. The van der Waals surface area contributed by atoms with Crippen LogP contribution in [0.15, 0.2) is 46.7 Å². The SMILES string of the molecule is CCC1=C(CC[C@H](NC(=O)c2ccc(NCc3cnc4nc(N)[nH]c(=O)c4n3)cc2)C(=O)NI)NNN1. The Labute approximate surface area is 225 Å². The molecule has 14 nitrogen and oxygen atoms in total. The number of benzene rings is 1. The van der Waals surface area contributed by atoms with E-state index >= 15 is 0 Å². The Morgan fingerprint density at radius 2 is 1.89 bits per heavy atom. The number of nitrogen functional groups attached to an aromatic ring is 1. The van der Waals surface area contributed by atoms with Gasteiger partial charge in [0.05, 0.1) is 41.3 Å². The number of fused-ring (bicyclic) bond motifs is 1. The van der Waals surface area contributed by atoms with Gasteiger partial charge in [-0.3, -0.25) is 22.9 Å². The smallest absolute Gasteiger partial charge is 0.280 e. The van der Waals surface area contributed by atoms with E-state index in [-0.39, 0.29) is 28.9 Å². The molecule has 9 N–H and O–H groups in total. The van der Waals surface area contributed by atoms with E-state index in [0.717, 1.165) is 23.5 Å². The molecule has 194 valence electrons. The molecule has 4 rings (SSSR count). The number of hydrogen-bond acceptors (Lipinski definition) is 11. The van der Waals surface area contributed by atoms with E-state index in [1.807, 2.05) is 6.92 Å². The molecule has 0 saturated heterocycles. The second kappa shape index (κ2) is 11.8. The molecular formula is C22H26IN11O3. The number of rotatable bonds is 10. The lowest BCUT2D eigenvalue weighted by Crippen LogP contribution is -2.44. The summed E-state index contributed by atoms with van der Waals surface area (Å²) >= 11 is 1.77. The third-order valence-electron chi connectivity index (χ3n) is 5.65. The molecule has 2 aromatic heterocycles. The standard InChI is InChI=1S/C22H26IN11O3/c1-2-14-15(33-34-32-14)7-8-16(20(36)31-23)28-19(35)11-3-5-12(6-4-11)25-9-13-10-26-18-17(27-13)21(37)30-22(24)29-18/h3-6,10,16,25,32-34H,2,7-9H2,1H3,(H,28,35)(H,31,36)(H3,24,26,29,30,37)/t16-/m0/s1. The number of hydrogen-bond donors (Lipinski definition) is 8. The Morgan fingerprint density at radius 1 is 1.14 bits per heavy atom. The fourth-order valence-electron chi connectivity index (χ4n) is 3.70. The molecule has 15 heteroatoms. The molecule has 0 fully saturated rings. The zero-order valence-corrected chi connectivity index (χ0v) is 22.0. The number of anilines is 2. The van der Waals surface area contributed by atoms with Crippen LogP contribution in [0.3, 0.4) is 0 Å². The number of nitrogens with one attached hydrogen (secondary N) is 7. The van der Waals surface area contributed by atoms with Gasteiger partial charge in [0.15, 0.2) is 11.2 Å². The van der Waals surface area contributed by atoms with Crippen molar-refractivity contribution in [1.29, 1.82) is 0 Å². The van der Waals surface area contributed by atoms with E-state index in [2.05, 4.69) is 50.5 Å². The van der Waals surface area contributed by atoms with E-state index in [1.54, 1.807) is 47.1 Å². The van der Waals surface area contributed by atoms with Gasteiger partial charge in [-0.15, -0.1) is 0 Å². The third kappa shape index (κ3) is 6.42. The largest absolute Gasteiger partial charge is 0.379 e. The summed E-state index contributed by atoms with van der Waals surface area (Å²) in [5.74, 6) is -0.659. The molecule has 1 aromatic carbocycles. The van der Waals surface area contributed by atoms with Gasteiger partial charge in [0.25, 0.3) is 17.4 Å². The number of halogens is 1. The Morgan fingerprint density at radius 3 is 2.62 bits per heavy atom. The van der Waals surface area contributed by atoms with Gasteiger partial charge in [0.1, 0.15) is 6.04 Å². The van der Waals surface area contributed by atoms with Crippen LogP contribution < -0.4 is 41.8 Å². The lowest BCUT2D eigenvalue weighted by Gasteiger charge is -2.17. The van der Waals surface area contributed by atoms with Gasteiger partial charge >= 0.3 is 0 Å². The maximum atomic E-state index is 12.8. The number of amides is 2. The summed E-state index contributed by atoms with van der Waals surface area (Å²) in [7, 11) is 0. The molecule has 0 unspecified atom stereocenters. The van der Waals surface area contributed by atoms with Crippen LogP contribution in [0.1, 0.15) is 42.2 Å². The summed E-state index contributed by atoms with van der Waals surface area (Å²) in [6, 6.07) is 6.09. The molecule has 0 aliphatic carbocycles. The minimum absolute atomic E-state index is 0.0218. The Bertz CT molecular complexity index is 1390. The molecule has 3 heterocycles. The molecule has 0 saturated carbocycles. The first-order valence-corrected chi connectivity index (χ1v) is 12.5. The van der Waals surface area contributed by atoms with E-state index in [9.17, 15) is 14.4 Å². The molecule has 2 amide bonds. The molecule has 1 atom stereocenters. The number of carbonyl (C=O) groups excluding carboxylic acids is 2. The summed E-state index contributed by atoms with van der Waals surface area (Å²) in [6.07, 6.45) is 3.32. The molecule has 1 aliphatic rings. The predicted molar refractivity (Wildman–Crippen MR) is 146 cm³/mol. The lowest BCUT2D eigenvalue weighted by molar-refractivity contribution is -0.120. The molecular weight excluding hydrogens is 593 g/mol. The number of aromatic amines is 1. The van der Waals surface area contributed by atoms with Crippen molar-refractivity contribution in [2.75, 3.05) is 11.1 Å². The maximum absolute atomic E-state index is 12.8. The summed E-state index contributed by atoms with van der Waals surface area (Å²) in [6.45, 7) is 2.32. The van der Waals surface area contributed by atoms with Crippen molar-refractivity contribution in [2.24, 2.45) is 0 Å². The maximum Gasteiger partial charge on any atom is 0.280 e. The molecule has 1 aliphatic heterocycles. The second-order valence-corrected chi connectivity index (χ2v) is 8.66. The lowest BCUT2D eigenvalue weighted by atomic mass is 10.1. The zero-order chi connectivity index (χ0) is 26.4. The van der Waals surface area contributed by atoms with Gasteiger partial charge in [0, 0.05) is 22.6 Å². The number of nitrogens with zero attached hydrogens (tertiary/aromatic N) is 3. The van der Waals surface area contributed by atoms with Gasteiger partial charge in [0.2, 0.25) is 5.95 Å². The van der Waals surface area contributed by atoms with Gasteiger partial charge < -0.3 is 27.2 Å². The summed E-state index contributed by atoms with van der Waals surface area (Å²) < 4.78 is 2.58. The zero-order valence-electron chi connectivity index (χ0n) is 19.8. The van der Waals surface area contributed by atoms with Crippen LogP contribution in [0.2, 0.25) is 0 Å². The van der Waals surface area contributed by atoms with Crippen molar-refractivity contribution in [3.63, 3.8) is 0 Å². The summed E-state index contributed by atoms with van der Waals surface area (Å²) in [5, 5.41) is 5.98. The highest BCUT2D eigenvalue weighted by atomic mass is 127. The van der Waals surface area contributed by atoms with Crippen molar-refractivity contribution >= 4 is 57.5 Å². The average Bonchev–Trinajstić information content (AvgIpc) is 3.37. The minimum atomic E-state index is -0.699. The third-order valence-corrected chi connectivity index (χ3v) is 6.18. The molecule has 0 bridgehead atoms. The van der Waals surface area contributed by atoms with Gasteiger partial charge in [-0.2, -0.15) is 10.5 Å². The Kier molecular flexibility index (Phi) is 8.34. The quantitative estimate of drug-likeness (QED) is 0.116. The number of hydrazine groups is 2. The number of allylic oxidation sites excluding steroid dienone is 2. The first kappa shape index (κ1) is 26.1. The van der Waals surface area contributed by atoms with E-state index in [1.165, 1.54) is 6.20 Å². The van der Waals surface area contributed by atoms with Crippen LogP contribution in [-0.4, -0.2) is 37.8 Å². The van der Waals surface area contributed by atoms with Crippen LogP contribution in [0.5, 0.6) is 0 Å². The highest BCUT2D eigenvalue weighted by Gasteiger charge is 2.23. The number of aromatic nitrogens is 4. The first-order chi connectivity index (χ1) is 17.9. The van der Waals surface area contributed by atoms with Crippen LogP contribution in [0.4, 0.5) is 11.6 Å². The van der Waals surface area contributed by atoms with Crippen LogP contribution >= 0.6 is 22.9 Å². The van der Waals surface area contributed by atoms with E-state index in [4.69, 9.17) is 5.73 Å². The fraction of sp³-hybridized carbons (Fsp3) is 0.273. The van der Waals surface area contributed by atoms with E-state index in [0.29, 0.717) is 30.6 Å². The first-order valence-electron chi connectivity index (χ1n) is 11.4. The van der Waals surface area contributed by atoms with Crippen LogP contribution in [0, 0.1) is 0 Å². The van der Waals surface area contributed by atoms with Crippen LogP contribution in [-0.2, 0) is 11.3 Å². The van der Waals surface area contributed by atoms with Crippen molar-refractivity contribution in [2.45, 2.75) is 38.8 Å². The highest BCUT2D eigenvalue weighted by Crippen LogP contribution is 2.15. The predicted octanol–water partition coefficient (Wildman–Crippen LogP) is 0.486. The molecule has 0 spiro atoms. The van der Waals surface area contributed by atoms with Crippen molar-refractivity contribution in [3.8, 4) is 0 Å². The van der Waals surface area contributed by atoms with E-state index < -0.39 is 11.6 Å². The monoisotopic (exact) mass is 619 g/mol. The number of carbonyl (C=O) groups is 2. The molecule has 3 aromatic rings. The van der Waals surface area contributed by atoms with Crippen LogP contribution in [0.25, 0.3) is 11.2 Å². The van der Waals surface area contributed by atoms with Crippen molar-refractivity contribution in [1.82, 2.24) is 45.2 Å². The van der Waals surface area contributed by atoms with Crippen molar-refractivity contribution < 1.29 is 9.59 Å². The Balaban J connectivity index is 1.36. The van der Waals surface area contributed by atoms with Crippen molar-refractivity contribution in [3.05, 3.63) is 63.5 Å². The highest BCUT2D eigenvalue weighted by molar-refractivity contribution is 14.1. The Hall–Kier alpha value is -3.99. The second-order valence-electron chi connectivity index (χ2n) is 8.12. The van der Waals surface area contributed by atoms with Gasteiger partial charge in [-0.05, 0) is 43.5 Å². The fourth-order valence-corrected chi connectivity index (χ4v) is 4.08. The average molecular weight is 619 g/mol. The summed E-state index contributed by atoms with van der Waals surface area (Å²) in [4.78, 5) is 52.0. The minimum Gasteiger partial charge on any atom is -0.379 e. The number of H-pyrrole nitrogens is 1. The van der Waals surface area contributed by atoms with Gasteiger partial charge in [-0.1, -0.05) is 6.92 Å². The number of nitrogens with two attached hydrogens (primary N) is 1. The topological polar surface area (TPSA) is 204 Å². The van der Waals surface area contributed by atoms with Gasteiger partial charge in [-0.25, -0.2) is 9.97 Å².